The second kappa shape index (κ2) is 7.51. The number of benzene rings is 1. The summed E-state index contributed by atoms with van der Waals surface area (Å²) in [6.45, 7) is 3.89. The monoisotopic (exact) mass is 264 g/mol. The predicted molar refractivity (Wildman–Crippen MR) is 75.2 cm³/mol. The lowest BCUT2D eigenvalue weighted by Gasteiger charge is -2.06. The molecule has 0 fully saturated rings. The topological polar surface area (TPSA) is 72.2 Å². The van der Waals surface area contributed by atoms with Gasteiger partial charge in [0.05, 0.1) is 4.92 Å². The number of aryl methyl sites for hydroxylation is 1. The van der Waals surface area contributed by atoms with E-state index in [1.165, 1.54) is 6.07 Å². The lowest BCUT2D eigenvalue weighted by Crippen LogP contribution is -2.12. The van der Waals surface area contributed by atoms with Crippen LogP contribution < -0.4 is 5.32 Å². The Labute approximate surface area is 113 Å². The lowest BCUT2D eigenvalue weighted by molar-refractivity contribution is -0.384. The number of nitro benzene ring substituents is 1. The van der Waals surface area contributed by atoms with Crippen LogP contribution in [0.5, 0.6) is 0 Å². The molecule has 0 aromatic heterocycles. The maximum atomic E-state index is 11.7. The van der Waals surface area contributed by atoms with Crippen molar-refractivity contribution in [1.82, 2.24) is 0 Å². The van der Waals surface area contributed by atoms with E-state index in [9.17, 15) is 14.9 Å². The van der Waals surface area contributed by atoms with Gasteiger partial charge in [0.25, 0.3) is 5.69 Å². The van der Waals surface area contributed by atoms with Gasteiger partial charge in [-0.25, -0.2) is 0 Å². The van der Waals surface area contributed by atoms with Crippen LogP contribution in [0.3, 0.4) is 0 Å². The van der Waals surface area contributed by atoms with Gasteiger partial charge in [-0.2, -0.15) is 0 Å². The zero-order chi connectivity index (χ0) is 14.3. The van der Waals surface area contributed by atoms with Crippen molar-refractivity contribution in [1.29, 1.82) is 0 Å². The molecule has 0 unspecified atom stereocenters. The molecule has 1 rings (SSSR count). The fourth-order valence-corrected chi connectivity index (χ4v) is 1.82. The van der Waals surface area contributed by atoms with Crippen molar-refractivity contribution >= 4 is 17.3 Å². The number of nitrogens with zero attached hydrogens (tertiary/aromatic N) is 1. The molecule has 104 valence electrons. The highest BCUT2D eigenvalue weighted by atomic mass is 16.6. The molecule has 0 aliphatic carbocycles. The van der Waals surface area contributed by atoms with Crippen LogP contribution in [0.15, 0.2) is 18.2 Å². The van der Waals surface area contributed by atoms with E-state index in [0.717, 1.165) is 31.2 Å². The third-order valence-corrected chi connectivity index (χ3v) is 2.88. The smallest absolute Gasteiger partial charge is 0.293 e. The first-order chi connectivity index (χ1) is 9.04. The van der Waals surface area contributed by atoms with Crippen molar-refractivity contribution in [3.63, 3.8) is 0 Å². The maximum Gasteiger partial charge on any atom is 0.293 e. The molecular weight excluding hydrogens is 244 g/mol. The van der Waals surface area contributed by atoms with Crippen LogP contribution in [-0.4, -0.2) is 10.8 Å². The van der Waals surface area contributed by atoms with Gasteiger partial charge in [0.2, 0.25) is 5.91 Å². The minimum absolute atomic E-state index is 0.0538. The van der Waals surface area contributed by atoms with Gasteiger partial charge < -0.3 is 5.32 Å². The first kappa shape index (κ1) is 15.1. The van der Waals surface area contributed by atoms with Gasteiger partial charge in [0.1, 0.15) is 5.69 Å². The van der Waals surface area contributed by atoms with Crippen LogP contribution in [0.1, 0.15) is 44.6 Å². The van der Waals surface area contributed by atoms with Gasteiger partial charge in [-0.3, -0.25) is 14.9 Å². The Morgan fingerprint density at radius 2 is 2.05 bits per heavy atom. The highest BCUT2D eigenvalue weighted by Crippen LogP contribution is 2.25. The molecule has 19 heavy (non-hydrogen) atoms. The largest absolute Gasteiger partial charge is 0.320 e. The van der Waals surface area contributed by atoms with E-state index < -0.39 is 4.92 Å². The molecule has 0 radical (unpaired) electrons. The molecule has 1 amide bonds. The highest BCUT2D eigenvalue weighted by Gasteiger charge is 2.15. The van der Waals surface area contributed by atoms with E-state index >= 15 is 0 Å². The Hall–Kier alpha value is -1.91. The number of rotatable bonds is 7. The number of anilines is 1. The summed E-state index contributed by atoms with van der Waals surface area (Å²) >= 11 is 0. The van der Waals surface area contributed by atoms with Crippen molar-refractivity contribution in [3.8, 4) is 0 Å². The molecule has 0 saturated heterocycles. The highest BCUT2D eigenvalue weighted by molar-refractivity contribution is 5.93. The maximum absolute atomic E-state index is 11.7. The lowest BCUT2D eigenvalue weighted by atomic mass is 10.1. The van der Waals surface area contributed by atoms with Crippen molar-refractivity contribution in [2.24, 2.45) is 0 Å². The molecule has 5 nitrogen and oxygen atoms in total. The third-order valence-electron chi connectivity index (χ3n) is 2.88. The van der Waals surface area contributed by atoms with Crippen LogP contribution in [0.4, 0.5) is 11.4 Å². The zero-order valence-electron chi connectivity index (χ0n) is 11.4. The number of hydrogen-bond acceptors (Lipinski definition) is 3. The minimum Gasteiger partial charge on any atom is -0.320 e. The van der Waals surface area contributed by atoms with Crippen molar-refractivity contribution in [2.45, 2.75) is 46.0 Å². The number of amides is 1. The second-order valence-electron chi connectivity index (χ2n) is 4.64. The molecule has 1 aromatic rings. The van der Waals surface area contributed by atoms with E-state index in [0.29, 0.717) is 6.42 Å². The first-order valence-electron chi connectivity index (χ1n) is 6.59. The molecule has 0 spiro atoms. The molecular formula is C14H20N2O3. The molecule has 0 aliphatic rings. The summed E-state index contributed by atoms with van der Waals surface area (Å²) in [5, 5.41) is 13.5. The van der Waals surface area contributed by atoms with E-state index in [-0.39, 0.29) is 17.3 Å². The summed E-state index contributed by atoms with van der Waals surface area (Å²) in [5.74, 6) is -0.164. The zero-order valence-corrected chi connectivity index (χ0v) is 11.4. The van der Waals surface area contributed by atoms with Gasteiger partial charge in [0.15, 0.2) is 0 Å². The number of carbonyl (C=O) groups is 1. The summed E-state index contributed by atoms with van der Waals surface area (Å²) in [7, 11) is 0. The van der Waals surface area contributed by atoms with E-state index in [4.69, 9.17) is 0 Å². The van der Waals surface area contributed by atoms with Crippen molar-refractivity contribution in [3.05, 3.63) is 33.9 Å². The first-order valence-corrected chi connectivity index (χ1v) is 6.59. The van der Waals surface area contributed by atoms with E-state index in [2.05, 4.69) is 12.2 Å². The van der Waals surface area contributed by atoms with Crippen molar-refractivity contribution in [2.75, 3.05) is 5.32 Å². The molecule has 1 N–H and O–H groups in total. The molecule has 0 heterocycles. The predicted octanol–water partition coefficient (Wildman–Crippen LogP) is 3.81. The average molecular weight is 264 g/mol. The molecule has 0 atom stereocenters. The summed E-state index contributed by atoms with van der Waals surface area (Å²) in [6.07, 6.45) is 4.47. The fourth-order valence-electron chi connectivity index (χ4n) is 1.82. The number of unbranched alkanes of at least 4 members (excludes halogenated alkanes) is 3. The van der Waals surface area contributed by atoms with Crippen LogP contribution >= 0.6 is 0 Å². The van der Waals surface area contributed by atoms with Gasteiger partial charge in [-0.15, -0.1) is 0 Å². The number of carbonyl (C=O) groups excluding carboxylic acids is 1. The second-order valence-corrected chi connectivity index (χ2v) is 4.64. The molecule has 1 aromatic carbocycles. The van der Waals surface area contributed by atoms with E-state index in [1.54, 1.807) is 19.1 Å². The van der Waals surface area contributed by atoms with Gasteiger partial charge >= 0.3 is 0 Å². The SMILES string of the molecule is CCCCCCC(=O)Nc1ccc(C)cc1[N+](=O)[O-]. The minimum atomic E-state index is -0.473. The molecule has 0 saturated carbocycles. The molecule has 0 aliphatic heterocycles. The van der Waals surface area contributed by atoms with Crippen LogP contribution in [0.25, 0.3) is 0 Å². The Morgan fingerprint density at radius 1 is 1.32 bits per heavy atom. The Morgan fingerprint density at radius 3 is 2.68 bits per heavy atom. The van der Waals surface area contributed by atoms with E-state index in [1.807, 2.05) is 0 Å². The summed E-state index contributed by atoms with van der Waals surface area (Å²) < 4.78 is 0. The van der Waals surface area contributed by atoms with Gasteiger partial charge in [0, 0.05) is 12.5 Å². The van der Waals surface area contributed by atoms with Crippen LogP contribution in [0, 0.1) is 17.0 Å². The van der Waals surface area contributed by atoms with Gasteiger partial charge in [-0.1, -0.05) is 32.3 Å². The Kier molecular flexibility index (Phi) is 5.99. The Balaban J connectivity index is 2.61. The molecule has 5 heteroatoms. The summed E-state index contributed by atoms with van der Waals surface area (Å²) in [6, 6.07) is 4.80. The Bertz CT molecular complexity index is 458. The standard InChI is InChI=1S/C14H20N2O3/c1-3-4-5-6-7-14(17)15-12-9-8-11(2)10-13(12)16(18)19/h8-10H,3-7H2,1-2H3,(H,15,17). The summed E-state index contributed by atoms with van der Waals surface area (Å²) in [5.41, 5.74) is 1.02. The molecule has 0 bridgehead atoms. The quantitative estimate of drug-likeness (QED) is 0.462. The van der Waals surface area contributed by atoms with Crippen LogP contribution in [0.2, 0.25) is 0 Å². The third kappa shape index (κ3) is 5.07. The number of nitrogens with one attached hydrogen (secondary N) is 1. The average Bonchev–Trinajstić information content (AvgIpc) is 2.36. The number of hydrogen-bond donors (Lipinski definition) is 1. The van der Waals surface area contributed by atoms with Crippen molar-refractivity contribution < 1.29 is 9.72 Å². The normalized spacial score (nSPS) is 10.2. The fraction of sp³-hybridized carbons (Fsp3) is 0.500. The number of nitro groups is 1. The van der Waals surface area contributed by atoms with Gasteiger partial charge in [-0.05, 0) is 25.0 Å². The summed E-state index contributed by atoms with van der Waals surface area (Å²) in [4.78, 5) is 22.1. The van der Waals surface area contributed by atoms with Crippen LogP contribution in [-0.2, 0) is 4.79 Å².